The highest BCUT2D eigenvalue weighted by Crippen LogP contribution is 2.28. The Balaban J connectivity index is 1.96. The molecule has 0 aliphatic carbocycles. The lowest BCUT2D eigenvalue weighted by molar-refractivity contribution is 0.428. The molecule has 0 amide bonds. The van der Waals surface area contributed by atoms with Gasteiger partial charge in [0.05, 0.1) is 11.6 Å². The molecule has 2 heterocycles. The zero-order valence-electron chi connectivity index (χ0n) is 13.2. The fraction of sp³-hybridized carbons (Fsp3) is 0.571. The van der Waals surface area contributed by atoms with E-state index in [0.717, 1.165) is 28.9 Å². The molecule has 0 aromatic carbocycles. The lowest BCUT2D eigenvalue weighted by Gasteiger charge is -2.17. The second-order valence-corrected chi connectivity index (χ2v) is 8.14. The first-order valence-corrected chi connectivity index (χ1v) is 10.0. The lowest BCUT2D eigenvalue weighted by Crippen LogP contribution is -2.31. The number of thiophene rings is 1. The van der Waals surface area contributed by atoms with E-state index in [9.17, 15) is 8.42 Å². The van der Waals surface area contributed by atoms with E-state index in [-0.39, 0.29) is 0 Å². The summed E-state index contributed by atoms with van der Waals surface area (Å²) in [6.07, 6.45) is 4.53. The smallest absolute Gasteiger partial charge is 0.211 e. The Morgan fingerprint density at radius 2 is 2.09 bits per heavy atom. The summed E-state index contributed by atoms with van der Waals surface area (Å²) in [7, 11) is -3.11. The predicted molar refractivity (Wildman–Crippen MR) is 92.0 cm³/mol. The molecule has 1 N–H and O–H groups in total. The number of hydrogen-bond acceptors (Lipinski definition) is 6. The van der Waals surface area contributed by atoms with Crippen molar-refractivity contribution in [2.75, 3.05) is 31.2 Å². The highest BCUT2D eigenvalue weighted by atomic mass is 32.2. The molecule has 22 heavy (non-hydrogen) atoms. The minimum atomic E-state index is -3.11. The van der Waals surface area contributed by atoms with Gasteiger partial charge in [-0.3, -0.25) is 0 Å². The highest BCUT2D eigenvalue weighted by Gasteiger charge is 2.13. The average molecular weight is 342 g/mol. The van der Waals surface area contributed by atoms with Gasteiger partial charge in [-0.2, -0.15) is 0 Å². The van der Waals surface area contributed by atoms with Crippen LogP contribution in [-0.2, 0) is 16.4 Å². The Bertz CT molecular complexity index is 728. The maximum absolute atomic E-state index is 11.5. The van der Waals surface area contributed by atoms with Gasteiger partial charge < -0.3 is 5.32 Å². The van der Waals surface area contributed by atoms with Gasteiger partial charge in [-0.15, -0.1) is 11.3 Å². The Morgan fingerprint density at radius 3 is 2.73 bits per heavy atom. The summed E-state index contributed by atoms with van der Waals surface area (Å²) in [5, 5.41) is 4.33. The number of hydrogen-bond donors (Lipinski definition) is 1. The first kappa shape index (κ1) is 17.1. The molecule has 122 valence electrons. The van der Waals surface area contributed by atoms with Crippen molar-refractivity contribution in [2.45, 2.75) is 26.7 Å². The van der Waals surface area contributed by atoms with E-state index in [1.165, 1.54) is 15.4 Å². The van der Waals surface area contributed by atoms with E-state index in [1.807, 2.05) is 6.92 Å². The summed E-state index contributed by atoms with van der Waals surface area (Å²) in [5.41, 5.74) is 0. The van der Waals surface area contributed by atoms with Crippen LogP contribution >= 0.6 is 11.3 Å². The van der Waals surface area contributed by atoms with Crippen molar-refractivity contribution >= 4 is 37.4 Å². The van der Waals surface area contributed by atoms with Crippen LogP contribution < -0.4 is 5.32 Å². The highest BCUT2D eigenvalue weighted by molar-refractivity contribution is 7.88. The topological polar surface area (TPSA) is 75.2 Å². The molecule has 8 heteroatoms. The fourth-order valence-corrected chi connectivity index (χ4v) is 4.11. The molecule has 0 aliphatic heterocycles. The van der Waals surface area contributed by atoms with Crippen LogP contribution in [0.3, 0.4) is 0 Å². The molecular formula is C14H22N4O2S2. The van der Waals surface area contributed by atoms with Crippen LogP contribution in [0.4, 0.5) is 5.82 Å². The van der Waals surface area contributed by atoms with Gasteiger partial charge in [0.25, 0.3) is 0 Å². The Labute approximate surface area is 135 Å². The molecule has 0 aliphatic rings. The van der Waals surface area contributed by atoms with Crippen molar-refractivity contribution in [3.63, 3.8) is 0 Å². The Hall–Kier alpha value is -1.25. The van der Waals surface area contributed by atoms with Crippen LogP contribution in [-0.4, -0.2) is 48.6 Å². The first-order chi connectivity index (χ1) is 10.5. The zero-order valence-corrected chi connectivity index (χ0v) is 14.8. The largest absolute Gasteiger partial charge is 0.369 e. The summed E-state index contributed by atoms with van der Waals surface area (Å²) in [6.45, 7) is 5.66. The average Bonchev–Trinajstić information content (AvgIpc) is 2.89. The number of rotatable bonds is 8. The molecule has 0 spiro atoms. The van der Waals surface area contributed by atoms with E-state index < -0.39 is 10.0 Å². The third-order valence-electron chi connectivity index (χ3n) is 3.43. The molecule has 2 rings (SSSR count). The molecule has 2 aromatic rings. The van der Waals surface area contributed by atoms with E-state index in [0.29, 0.717) is 19.6 Å². The Morgan fingerprint density at radius 1 is 1.32 bits per heavy atom. The van der Waals surface area contributed by atoms with Crippen molar-refractivity contribution in [3.05, 3.63) is 17.3 Å². The molecule has 0 saturated carbocycles. The SMILES string of the molecule is CCc1cc2c(NCCCN(CC)S(C)(=O)=O)ncnc2s1. The standard InChI is InChI=1S/C14H22N4O2S2/c1-4-11-9-12-13(16-10-17-14(12)21-11)15-7-6-8-18(5-2)22(3,19)20/h9-10H,4-8H2,1-3H3,(H,15,16,17). The summed E-state index contributed by atoms with van der Waals surface area (Å²) in [5.74, 6) is 0.823. The quantitative estimate of drug-likeness (QED) is 0.745. The number of anilines is 1. The molecule has 0 bridgehead atoms. The van der Waals surface area contributed by atoms with E-state index in [2.05, 4.69) is 28.3 Å². The maximum atomic E-state index is 11.5. The van der Waals surface area contributed by atoms with E-state index >= 15 is 0 Å². The van der Waals surface area contributed by atoms with Gasteiger partial charge in [-0.05, 0) is 18.9 Å². The van der Waals surface area contributed by atoms with Gasteiger partial charge in [0, 0.05) is 24.5 Å². The van der Waals surface area contributed by atoms with Gasteiger partial charge in [0.15, 0.2) is 0 Å². The molecule has 0 fully saturated rings. The predicted octanol–water partition coefficient (Wildman–Crippen LogP) is 2.34. The number of fused-ring (bicyclic) bond motifs is 1. The van der Waals surface area contributed by atoms with Crippen LogP contribution in [0, 0.1) is 0 Å². The van der Waals surface area contributed by atoms with Gasteiger partial charge in [0.2, 0.25) is 10.0 Å². The van der Waals surface area contributed by atoms with E-state index in [1.54, 1.807) is 17.7 Å². The molecule has 0 atom stereocenters. The molecule has 0 saturated heterocycles. The molecule has 0 unspecified atom stereocenters. The van der Waals surface area contributed by atoms with Crippen molar-refractivity contribution < 1.29 is 8.42 Å². The lowest BCUT2D eigenvalue weighted by atomic mass is 10.3. The van der Waals surface area contributed by atoms with Crippen LogP contribution in [0.1, 0.15) is 25.1 Å². The second kappa shape index (κ2) is 7.34. The van der Waals surface area contributed by atoms with Crippen LogP contribution in [0.25, 0.3) is 10.2 Å². The fourth-order valence-electron chi connectivity index (χ4n) is 2.24. The Kier molecular flexibility index (Phi) is 5.71. The van der Waals surface area contributed by atoms with Gasteiger partial charge in [-0.1, -0.05) is 13.8 Å². The third kappa shape index (κ3) is 4.15. The van der Waals surface area contributed by atoms with Crippen LogP contribution in [0.2, 0.25) is 0 Å². The zero-order chi connectivity index (χ0) is 16.2. The molecule has 0 radical (unpaired) electrons. The monoisotopic (exact) mass is 342 g/mol. The third-order valence-corrected chi connectivity index (χ3v) is 5.99. The summed E-state index contributed by atoms with van der Waals surface area (Å²) in [6, 6.07) is 2.12. The molecule has 2 aromatic heterocycles. The maximum Gasteiger partial charge on any atom is 0.211 e. The van der Waals surface area contributed by atoms with Crippen molar-refractivity contribution in [3.8, 4) is 0 Å². The van der Waals surface area contributed by atoms with Crippen LogP contribution in [0.15, 0.2) is 12.4 Å². The number of aromatic nitrogens is 2. The second-order valence-electron chi connectivity index (χ2n) is 5.04. The normalized spacial score (nSPS) is 12.2. The van der Waals surface area contributed by atoms with Gasteiger partial charge in [0.1, 0.15) is 17.0 Å². The first-order valence-electron chi connectivity index (χ1n) is 7.38. The number of aryl methyl sites for hydroxylation is 1. The molecule has 6 nitrogen and oxygen atoms in total. The summed E-state index contributed by atoms with van der Waals surface area (Å²) >= 11 is 1.68. The van der Waals surface area contributed by atoms with Crippen LogP contribution in [0.5, 0.6) is 0 Å². The number of nitrogens with zero attached hydrogens (tertiary/aromatic N) is 3. The summed E-state index contributed by atoms with van der Waals surface area (Å²) < 4.78 is 24.5. The summed E-state index contributed by atoms with van der Waals surface area (Å²) in [4.78, 5) is 10.9. The minimum absolute atomic E-state index is 0.501. The number of nitrogens with one attached hydrogen (secondary N) is 1. The van der Waals surface area contributed by atoms with Crippen molar-refractivity contribution in [1.82, 2.24) is 14.3 Å². The molecular weight excluding hydrogens is 320 g/mol. The van der Waals surface area contributed by atoms with Gasteiger partial charge >= 0.3 is 0 Å². The van der Waals surface area contributed by atoms with Crippen molar-refractivity contribution in [2.24, 2.45) is 0 Å². The van der Waals surface area contributed by atoms with Crippen molar-refractivity contribution in [1.29, 1.82) is 0 Å². The minimum Gasteiger partial charge on any atom is -0.369 e. The van der Waals surface area contributed by atoms with Gasteiger partial charge in [-0.25, -0.2) is 22.7 Å². The number of sulfonamides is 1. The van der Waals surface area contributed by atoms with E-state index in [4.69, 9.17) is 0 Å².